The van der Waals surface area contributed by atoms with E-state index in [9.17, 15) is 9.59 Å². The lowest BCUT2D eigenvalue weighted by Crippen LogP contribution is -2.39. The van der Waals surface area contributed by atoms with E-state index in [0.717, 1.165) is 31.8 Å². The molecule has 3 aliphatic rings. The summed E-state index contributed by atoms with van der Waals surface area (Å²) in [6, 6.07) is 8.55. The van der Waals surface area contributed by atoms with Crippen molar-refractivity contribution in [2.75, 3.05) is 31.4 Å². The second kappa shape index (κ2) is 9.59. The topological polar surface area (TPSA) is 95.5 Å². The van der Waals surface area contributed by atoms with Gasteiger partial charge in [0.05, 0.1) is 28.5 Å². The highest BCUT2D eigenvalue weighted by atomic mass is 32.1. The molecule has 1 atom stereocenters. The van der Waals surface area contributed by atoms with Crippen LogP contribution in [0, 0.1) is 0 Å². The fourth-order valence-electron chi connectivity index (χ4n) is 5.02. The molecule has 1 saturated heterocycles. The lowest BCUT2D eigenvalue weighted by atomic mass is 9.95. The molecule has 0 bridgehead atoms. The number of nitrogens with zero attached hydrogens (tertiary/aromatic N) is 3. The minimum atomic E-state index is -0.715. The molecule has 0 spiro atoms. The Kier molecular flexibility index (Phi) is 6.11. The van der Waals surface area contributed by atoms with E-state index in [4.69, 9.17) is 18.6 Å². The number of anilines is 1. The van der Waals surface area contributed by atoms with E-state index >= 15 is 0 Å². The monoisotopic (exact) mass is 521 g/mol. The number of ether oxygens (including phenoxy) is 3. The molecular formula is C27H27N3O6S. The van der Waals surface area contributed by atoms with Crippen LogP contribution in [0.1, 0.15) is 50.5 Å². The Morgan fingerprint density at radius 1 is 1.16 bits per heavy atom. The second-order valence-electron chi connectivity index (χ2n) is 9.14. The van der Waals surface area contributed by atoms with Gasteiger partial charge in [0, 0.05) is 25.2 Å². The zero-order valence-electron chi connectivity index (χ0n) is 20.7. The lowest BCUT2D eigenvalue weighted by Gasteiger charge is -2.25. The molecule has 0 radical (unpaired) electrons. The standard InChI is InChI=1S/C27H27N3O6S/c1-3-33-26(32)23-16(2)28-27-30(24(23)17-7-9-19-20(13-17)35-15-34-19)25(31)21(37-27)14-18-8-10-22(36-18)29-11-5-4-6-12-29/h7-10,13-14,24H,3-6,11-12,15H2,1-2H3/b21-14+/t24-/m1/s1. The Labute approximate surface area is 216 Å². The van der Waals surface area contributed by atoms with Gasteiger partial charge in [-0.25, -0.2) is 9.79 Å². The Bertz CT molecular complexity index is 1570. The van der Waals surface area contributed by atoms with Crippen LogP contribution >= 0.6 is 11.3 Å². The lowest BCUT2D eigenvalue weighted by molar-refractivity contribution is -0.139. The number of rotatable bonds is 5. The number of aromatic nitrogens is 1. The molecule has 5 heterocycles. The van der Waals surface area contributed by atoms with Crippen LogP contribution in [0.2, 0.25) is 0 Å². The minimum Gasteiger partial charge on any atom is -0.463 e. The second-order valence-corrected chi connectivity index (χ2v) is 10.1. The number of esters is 1. The minimum absolute atomic E-state index is 0.129. The molecule has 3 aliphatic heterocycles. The van der Waals surface area contributed by atoms with E-state index in [1.54, 1.807) is 36.6 Å². The van der Waals surface area contributed by atoms with E-state index < -0.39 is 12.0 Å². The third kappa shape index (κ3) is 4.25. The van der Waals surface area contributed by atoms with Gasteiger partial charge in [-0.2, -0.15) is 0 Å². The van der Waals surface area contributed by atoms with Gasteiger partial charge < -0.3 is 23.5 Å². The quantitative estimate of drug-likeness (QED) is 0.476. The molecule has 10 heteroatoms. The molecule has 192 valence electrons. The van der Waals surface area contributed by atoms with E-state index in [1.165, 1.54) is 17.8 Å². The van der Waals surface area contributed by atoms with E-state index in [2.05, 4.69) is 9.89 Å². The molecule has 1 fully saturated rings. The van der Waals surface area contributed by atoms with Gasteiger partial charge in [-0.1, -0.05) is 17.4 Å². The van der Waals surface area contributed by atoms with Gasteiger partial charge >= 0.3 is 5.97 Å². The summed E-state index contributed by atoms with van der Waals surface area (Å²) in [4.78, 5) is 34.2. The summed E-state index contributed by atoms with van der Waals surface area (Å²) in [7, 11) is 0. The van der Waals surface area contributed by atoms with Crippen molar-refractivity contribution in [1.29, 1.82) is 0 Å². The molecule has 0 aliphatic carbocycles. The number of piperidine rings is 1. The van der Waals surface area contributed by atoms with E-state index in [-0.39, 0.29) is 19.0 Å². The summed E-state index contributed by atoms with van der Waals surface area (Å²) in [5.74, 6) is 2.11. The van der Waals surface area contributed by atoms with Crippen LogP contribution in [-0.4, -0.2) is 37.0 Å². The maximum atomic E-state index is 13.8. The van der Waals surface area contributed by atoms with Gasteiger partial charge in [-0.05, 0) is 56.9 Å². The van der Waals surface area contributed by atoms with Crippen LogP contribution < -0.4 is 29.3 Å². The Morgan fingerprint density at radius 3 is 2.78 bits per heavy atom. The number of fused-ring (bicyclic) bond motifs is 2. The van der Waals surface area contributed by atoms with Crippen LogP contribution in [0.5, 0.6) is 11.5 Å². The van der Waals surface area contributed by atoms with E-state index in [1.807, 2.05) is 18.2 Å². The molecule has 37 heavy (non-hydrogen) atoms. The van der Waals surface area contributed by atoms with Crippen molar-refractivity contribution in [3.8, 4) is 11.5 Å². The largest absolute Gasteiger partial charge is 0.463 e. The summed E-state index contributed by atoms with van der Waals surface area (Å²) in [5.41, 5.74) is 1.29. The predicted octanol–water partition coefficient (Wildman–Crippen LogP) is 3.11. The number of allylic oxidation sites excluding steroid dienone is 1. The molecule has 0 saturated carbocycles. The SMILES string of the molecule is CCOC(=O)C1=C(C)N=c2s/c(=C/c3ccc(N4CCCCC4)o3)c(=O)n2[C@@H]1c1ccc2c(c1)OCO2. The highest BCUT2D eigenvalue weighted by molar-refractivity contribution is 7.07. The van der Waals surface area contributed by atoms with Crippen molar-refractivity contribution in [3.63, 3.8) is 0 Å². The van der Waals surface area contributed by atoms with Crippen molar-refractivity contribution in [1.82, 2.24) is 4.57 Å². The van der Waals surface area contributed by atoms with Crippen molar-refractivity contribution < 1.29 is 23.4 Å². The summed E-state index contributed by atoms with van der Waals surface area (Å²) in [5, 5.41) is 0. The number of thiazole rings is 1. The van der Waals surface area contributed by atoms with Gasteiger partial charge in [-0.15, -0.1) is 0 Å². The number of furan rings is 1. The van der Waals surface area contributed by atoms with Gasteiger partial charge in [-0.3, -0.25) is 9.36 Å². The highest BCUT2D eigenvalue weighted by Crippen LogP contribution is 2.38. The zero-order valence-corrected chi connectivity index (χ0v) is 21.5. The smallest absolute Gasteiger partial charge is 0.338 e. The van der Waals surface area contributed by atoms with Crippen LogP contribution in [0.3, 0.4) is 0 Å². The number of benzene rings is 1. The summed E-state index contributed by atoms with van der Waals surface area (Å²) in [6.07, 6.45) is 5.29. The molecule has 6 rings (SSSR count). The van der Waals surface area contributed by atoms with Gasteiger partial charge in [0.2, 0.25) is 6.79 Å². The molecule has 0 unspecified atom stereocenters. The number of hydrogen-bond acceptors (Lipinski definition) is 9. The van der Waals surface area contributed by atoms with Crippen LogP contribution in [-0.2, 0) is 9.53 Å². The summed E-state index contributed by atoms with van der Waals surface area (Å²) >= 11 is 1.27. The fourth-order valence-corrected chi connectivity index (χ4v) is 6.05. The molecular weight excluding hydrogens is 494 g/mol. The molecule has 1 aromatic carbocycles. The van der Waals surface area contributed by atoms with Gasteiger partial charge in [0.25, 0.3) is 5.56 Å². The van der Waals surface area contributed by atoms with Crippen molar-refractivity contribution in [2.24, 2.45) is 4.99 Å². The first-order valence-corrected chi connectivity index (χ1v) is 13.3. The van der Waals surface area contributed by atoms with Gasteiger partial charge in [0.1, 0.15) is 5.76 Å². The third-order valence-electron chi connectivity index (χ3n) is 6.78. The highest BCUT2D eigenvalue weighted by Gasteiger charge is 2.34. The molecule has 3 aromatic rings. The maximum Gasteiger partial charge on any atom is 0.338 e. The summed E-state index contributed by atoms with van der Waals surface area (Å²) in [6.45, 7) is 5.80. The van der Waals surface area contributed by atoms with E-state index in [0.29, 0.717) is 43.4 Å². The third-order valence-corrected chi connectivity index (χ3v) is 7.77. The van der Waals surface area contributed by atoms with Crippen LogP contribution in [0.15, 0.2) is 55.8 Å². The van der Waals surface area contributed by atoms with Crippen LogP contribution in [0.25, 0.3) is 6.08 Å². The fraction of sp³-hybridized carbons (Fsp3) is 0.370. The predicted molar refractivity (Wildman–Crippen MR) is 138 cm³/mol. The Balaban J connectivity index is 1.45. The first-order chi connectivity index (χ1) is 18.0. The van der Waals surface area contributed by atoms with Crippen molar-refractivity contribution >= 4 is 29.3 Å². The number of hydrogen-bond donors (Lipinski definition) is 0. The summed E-state index contributed by atoms with van der Waals surface area (Å²) < 4.78 is 24.5. The Hall–Kier alpha value is -3.79. The Morgan fingerprint density at radius 2 is 1.97 bits per heavy atom. The van der Waals surface area contributed by atoms with Crippen LogP contribution in [0.4, 0.5) is 5.88 Å². The number of carbonyl (C=O) groups excluding carboxylic acids is 1. The van der Waals surface area contributed by atoms with Gasteiger partial charge in [0.15, 0.2) is 22.2 Å². The van der Waals surface area contributed by atoms with Crippen molar-refractivity contribution in [2.45, 2.75) is 39.2 Å². The molecule has 0 N–H and O–H groups in total. The average Bonchev–Trinajstić information content (AvgIpc) is 3.63. The molecule has 2 aromatic heterocycles. The first-order valence-electron chi connectivity index (χ1n) is 12.5. The molecule has 9 nitrogen and oxygen atoms in total. The normalized spacial score (nSPS) is 19.1. The average molecular weight is 522 g/mol. The zero-order chi connectivity index (χ0) is 25.5. The van der Waals surface area contributed by atoms with Crippen molar-refractivity contribution in [3.05, 3.63) is 72.6 Å². The maximum absolute atomic E-state index is 13.8. The molecule has 0 amide bonds. The number of carbonyl (C=O) groups is 1. The first kappa shape index (κ1) is 23.6.